The fourth-order valence-electron chi connectivity index (χ4n) is 1.41. The van der Waals surface area contributed by atoms with Gasteiger partial charge in [-0.3, -0.25) is 0 Å². The van der Waals surface area contributed by atoms with Gasteiger partial charge in [-0.1, -0.05) is 0 Å². The van der Waals surface area contributed by atoms with Crippen LogP contribution in [0.25, 0.3) is 0 Å². The molecule has 6 heteroatoms. The van der Waals surface area contributed by atoms with Gasteiger partial charge in [-0.15, -0.1) is 0 Å². The number of nitrogens with zero attached hydrogens (tertiary/aromatic N) is 1. The maximum absolute atomic E-state index is 10.8. The minimum atomic E-state index is -1.58. The molecule has 0 aliphatic rings. The third-order valence-electron chi connectivity index (χ3n) is 2.39. The zero-order chi connectivity index (χ0) is 12.1. The highest BCUT2D eigenvalue weighted by molar-refractivity contribution is 5.57. The van der Waals surface area contributed by atoms with Gasteiger partial charge in [-0.05, 0) is 12.1 Å². The van der Waals surface area contributed by atoms with Gasteiger partial charge in [0, 0.05) is 12.4 Å². The molecule has 1 rings (SSSR count). The van der Waals surface area contributed by atoms with Crippen molar-refractivity contribution >= 4 is 6.29 Å². The Morgan fingerprint density at radius 2 is 1.69 bits per heavy atom. The van der Waals surface area contributed by atoms with E-state index in [1.54, 1.807) is 24.5 Å². The van der Waals surface area contributed by atoms with E-state index >= 15 is 0 Å². The van der Waals surface area contributed by atoms with Crippen molar-refractivity contribution in [3.63, 3.8) is 0 Å². The number of carbonyl (C=O) groups excluding carboxylic acids is 1. The standard InChI is InChI=1S/C10H15NO5/c12-5-7(11-3-1-2-4-11)9(15)10(16)8(14)6-13/h1-5,7-10,13-16H,6H2/t7-,8+,9+,10+/m0/s1. The minimum absolute atomic E-state index is 0.470. The maximum atomic E-state index is 10.8. The minimum Gasteiger partial charge on any atom is -0.394 e. The second-order valence-corrected chi connectivity index (χ2v) is 3.49. The summed E-state index contributed by atoms with van der Waals surface area (Å²) in [5.41, 5.74) is 0. The van der Waals surface area contributed by atoms with E-state index in [1.165, 1.54) is 4.57 Å². The van der Waals surface area contributed by atoms with Crippen molar-refractivity contribution in [2.24, 2.45) is 0 Å². The van der Waals surface area contributed by atoms with Crippen LogP contribution in [0, 0.1) is 0 Å². The van der Waals surface area contributed by atoms with Crippen LogP contribution in [0.1, 0.15) is 6.04 Å². The number of aliphatic hydroxyl groups excluding tert-OH is 4. The number of hydrogen-bond donors (Lipinski definition) is 4. The van der Waals surface area contributed by atoms with E-state index in [0.29, 0.717) is 6.29 Å². The maximum Gasteiger partial charge on any atom is 0.145 e. The summed E-state index contributed by atoms with van der Waals surface area (Å²) in [6, 6.07) is 2.34. The first-order valence-corrected chi connectivity index (χ1v) is 4.84. The Bertz CT molecular complexity index is 313. The first-order chi connectivity index (χ1) is 7.61. The number of aliphatic hydroxyl groups is 4. The lowest BCUT2D eigenvalue weighted by Gasteiger charge is -2.26. The van der Waals surface area contributed by atoms with Crippen molar-refractivity contribution in [1.29, 1.82) is 0 Å². The highest BCUT2D eigenvalue weighted by Gasteiger charge is 2.31. The number of aldehydes is 1. The molecule has 90 valence electrons. The summed E-state index contributed by atoms with van der Waals surface area (Å²) in [6.07, 6.45) is -0.957. The topological polar surface area (TPSA) is 103 Å². The number of carbonyl (C=O) groups is 1. The fraction of sp³-hybridized carbons (Fsp3) is 0.500. The van der Waals surface area contributed by atoms with Gasteiger partial charge in [-0.25, -0.2) is 0 Å². The van der Waals surface area contributed by atoms with E-state index in [9.17, 15) is 15.0 Å². The Morgan fingerprint density at radius 1 is 1.12 bits per heavy atom. The molecule has 16 heavy (non-hydrogen) atoms. The van der Waals surface area contributed by atoms with Crippen LogP contribution >= 0.6 is 0 Å². The molecule has 6 nitrogen and oxygen atoms in total. The van der Waals surface area contributed by atoms with Crippen LogP contribution in [-0.2, 0) is 4.79 Å². The van der Waals surface area contributed by atoms with Gasteiger partial charge >= 0.3 is 0 Å². The highest BCUT2D eigenvalue weighted by atomic mass is 16.4. The van der Waals surface area contributed by atoms with Gasteiger partial charge in [0.05, 0.1) is 6.61 Å². The predicted molar refractivity (Wildman–Crippen MR) is 54.6 cm³/mol. The van der Waals surface area contributed by atoms with Crippen LogP contribution in [0.4, 0.5) is 0 Å². The molecule has 0 bridgehead atoms. The molecule has 0 unspecified atom stereocenters. The Kier molecular flexibility index (Phi) is 4.63. The first kappa shape index (κ1) is 12.9. The molecule has 0 saturated carbocycles. The Balaban J connectivity index is 2.77. The quantitative estimate of drug-likeness (QED) is 0.435. The predicted octanol–water partition coefficient (Wildman–Crippen LogP) is -1.70. The van der Waals surface area contributed by atoms with Crippen molar-refractivity contribution in [3.05, 3.63) is 24.5 Å². The van der Waals surface area contributed by atoms with E-state index in [4.69, 9.17) is 10.2 Å². The summed E-state index contributed by atoms with van der Waals surface area (Å²) in [4.78, 5) is 10.8. The van der Waals surface area contributed by atoms with Gasteiger partial charge in [0.15, 0.2) is 0 Å². The van der Waals surface area contributed by atoms with E-state index in [-0.39, 0.29) is 0 Å². The average molecular weight is 229 g/mol. The molecule has 4 atom stereocenters. The zero-order valence-corrected chi connectivity index (χ0v) is 8.55. The van der Waals surface area contributed by atoms with E-state index in [2.05, 4.69) is 0 Å². The van der Waals surface area contributed by atoms with Gasteiger partial charge in [0.2, 0.25) is 0 Å². The molecule has 0 radical (unpaired) electrons. The Hall–Kier alpha value is -1.21. The molecule has 1 aromatic heterocycles. The SMILES string of the molecule is O=C[C@@H]([C@@H](O)[C@H](O)[C@H](O)CO)n1cccc1. The van der Waals surface area contributed by atoms with Crippen molar-refractivity contribution in [2.45, 2.75) is 24.4 Å². The molecule has 1 aromatic rings. The average Bonchev–Trinajstić information content (AvgIpc) is 2.81. The van der Waals surface area contributed by atoms with Crippen molar-refractivity contribution < 1.29 is 25.2 Å². The van der Waals surface area contributed by atoms with E-state index in [1.807, 2.05) is 0 Å². The zero-order valence-electron chi connectivity index (χ0n) is 8.55. The van der Waals surface area contributed by atoms with Crippen molar-refractivity contribution in [3.8, 4) is 0 Å². The Morgan fingerprint density at radius 3 is 2.12 bits per heavy atom. The monoisotopic (exact) mass is 229 g/mol. The second-order valence-electron chi connectivity index (χ2n) is 3.49. The number of hydrogen-bond acceptors (Lipinski definition) is 5. The second kappa shape index (κ2) is 5.76. The number of rotatable bonds is 6. The molecular weight excluding hydrogens is 214 g/mol. The molecule has 0 aromatic carbocycles. The molecule has 0 aliphatic carbocycles. The van der Waals surface area contributed by atoms with Crippen LogP contribution < -0.4 is 0 Å². The summed E-state index contributed by atoms with van der Waals surface area (Å²) in [6.45, 7) is -0.685. The van der Waals surface area contributed by atoms with Gasteiger partial charge in [-0.2, -0.15) is 0 Å². The third-order valence-corrected chi connectivity index (χ3v) is 2.39. The van der Waals surface area contributed by atoms with E-state index < -0.39 is 31.0 Å². The first-order valence-electron chi connectivity index (χ1n) is 4.84. The third kappa shape index (κ3) is 2.67. The molecule has 0 fully saturated rings. The molecular formula is C10H15NO5. The van der Waals surface area contributed by atoms with Crippen LogP contribution in [0.5, 0.6) is 0 Å². The molecule has 4 N–H and O–H groups in total. The molecule has 1 heterocycles. The van der Waals surface area contributed by atoms with Crippen LogP contribution in [0.2, 0.25) is 0 Å². The fourth-order valence-corrected chi connectivity index (χ4v) is 1.41. The van der Waals surface area contributed by atoms with Crippen LogP contribution in [0.15, 0.2) is 24.5 Å². The lowest BCUT2D eigenvalue weighted by Crippen LogP contribution is -2.44. The molecule has 0 saturated heterocycles. The van der Waals surface area contributed by atoms with Crippen molar-refractivity contribution in [1.82, 2.24) is 4.57 Å². The molecule has 0 amide bonds. The summed E-state index contributed by atoms with van der Waals surface area (Å²) >= 11 is 0. The smallest absolute Gasteiger partial charge is 0.145 e. The van der Waals surface area contributed by atoms with Crippen LogP contribution in [-0.4, -0.2) is 56.2 Å². The largest absolute Gasteiger partial charge is 0.394 e. The van der Waals surface area contributed by atoms with Gasteiger partial charge in [0.25, 0.3) is 0 Å². The lowest BCUT2D eigenvalue weighted by molar-refractivity contribution is -0.123. The summed E-state index contributed by atoms with van der Waals surface area (Å²) in [7, 11) is 0. The van der Waals surface area contributed by atoms with Crippen LogP contribution in [0.3, 0.4) is 0 Å². The summed E-state index contributed by atoms with van der Waals surface area (Å²) in [5.74, 6) is 0. The molecule has 0 aliphatic heterocycles. The van der Waals surface area contributed by atoms with Gasteiger partial charge < -0.3 is 29.8 Å². The van der Waals surface area contributed by atoms with Crippen molar-refractivity contribution in [2.75, 3.05) is 6.61 Å². The highest BCUT2D eigenvalue weighted by Crippen LogP contribution is 2.15. The normalized spacial score (nSPS) is 18.8. The number of aromatic nitrogens is 1. The Labute approximate surface area is 92.4 Å². The summed E-state index contributed by atoms with van der Waals surface area (Å²) in [5, 5.41) is 36.9. The van der Waals surface area contributed by atoms with Gasteiger partial charge in [0.1, 0.15) is 30.6 Å². The lowest BCUT2D eigenvalue weighted by atomic mass is 10.0. The molecule has 0 spiro atoms. The van der Waals surface area contributed by atoms with E-state index in [0.717, 1.165) is 0 Å². The summed E-state index contributed by atoms with van der Waals surface area (Å²) < 4.78 is 1.41.